The second kappa shape index (κ2) is 3.77. The molecular formula is C11H10N2O3. The van der Waals surface area contributed by atoms with E-state index in [0.717, 1.165) is 11.6 Å². The molecule has 2 aromatic rings. The van der Waals surface area contributed by atoms with Gasteiger partial charge < -0.3 is 4.74 Å². The van der Waals surface area contributed by atoms with Gasteiger partial charge in [0.1, 0.15) is 5.65 Å². The first kappa shape index (κ1) is 10.4. The SMILES string of the molecule is COC(=O)c1cc(=O)n2cccc(C)c2n1. The van der Waals surface area contributed by atoms with Crippen molar-refractivity contribution in [3.63, 3.8) is 0 Å². The van der Waals surface area contributed by atoms with E-state index in [1.165, 1.54) is 11.5 Å². The van der Waals surface area contributed by atoms with Crippen LogP contribution in [0.5, 0.6) is 0 Å². The number of aryl methyl sites for hydroxylation is 1. The highest BCUT2D eigenvalue weighted by Crippen LogP contribution is 2.05. The van der Waals surface area contributed by atoms with Crippen molar-refractivity contribution in [1.29, 1.82) is 0 Å². The van der Waals surface area contributed by atoms with Crippen LogP contribution in [0.3, 0.4) is 0 Å². The Hall–Kier alpha value is -2.17. The Balaban J connectivity index is 2.80. The number of carbonyl (C=O) groups excluding carboxylic acids is 1. The number of rotatable bonds is 1. The molecule has 0 aliphatic heterocycles. The van der Waals surface area contributed by atoms with E-state index in [1.54, 1.807) is 12.3 Å². The standard InChI is InChI=1S/C11H10N2O3/c1-7-4-3-5-13-9(14)6-8(11(15)16-2)12-10(7)13/h3-6H,1-2H3. The zero-order valence-corrected chi connectivity index (χ0v) is 8.93. The van der Waals surface area contributed by atoms with Crippen LogP contribution in [-0.2, 0) is 4.74 Å². The number of nitrogens with zero attached hydrogens (tertiary/aromatic N) is 2. The molecule has 2 rings (SSSR count). The second-order valence-corrected chi connectivity index (χ2v) is 3.36. The maximum Gasteiger partial charge on any atom is 0.356 e. The highest BCUT2D eigenvalue weighted by Gasteiger charge is 2.11. The molecule has 2 heterocycles. The second-order valence-electron chi connectivity index (χ2n) is 3.36. The van der Waals surface area contributed by atoms with Gasteiger partial charge >= 0.3 is 5.97 Å². The number of hydrogen-bond acceptors (Lipinski definition) is 4. The van der Waals surface area contributed by atoms with E-state index in [2.05, 4.69) is 9.72 Å². The summed E-state index contributed by atoms with van der Waals surface area (Å²) in [6.07, 6.45) is 1.61. The van der Waals surface area contributed by atoms with Crippen molar-refractivity contribution in [2.75, 3.05) is 7.11 Å². The molecule has 0 amide bonds. The molecule has 0 saturated carbocycles. The number of methoxy groups -OCH3 is 1. The summed E-state index contributed by atoms with van der Waals surface area (Å²) in [6.45, 7) is 1.82. The fourth-order valence-electron chi connectivity index (χ4n) is 1.47. The van der Waals surface area contributed by atoms with Crippen molar-refractivity contribution in [3.05, 3.63) is 46.0 Å². The number of pyridine rings is 1. The maximum atomic E-state index is 11.7. The minimum atomic E-state index is -0.608. The number of aromatic nitrogens is 2. The third kappa shape index (κ3) is 1.56. The fourth-order valence-corrected chi connectivity index (χ4v) is 1.47. The number of esters is 1. The van der Waals surface area contributed by atoms with Crippen LogP contribution in [0.4, 0.5) is 0 Å². The van der Waals surface area contributed by atoms with Gasteiger partial charge in [0.05, 0.1) is 7.11 Å². The summed E-state index contributed by atoms with van der Waals surface area (Å²) in [5.74, 6) is -0.608. The van der Waals surface area contributed by atoms with Gasteiger partial charge in [-0.05, 0) is 18.6 Å². The molecule has 0 aromatic carbocycles. The monoisotopic (exact) mass is 218 g/mol. The van der Waals surface area contributed by atoms with Crippen molar-refractivity contribution < 1.29 is 9.53 Å². The van der Waals surface area contributed by atoms with Crippen molar-refractivity contribution >= 4 is 11.6 Å². The van der Waals surface area contributed by atoms with Gasteiger partial charge in [0.15, 0.2) is 5.69 Å². The maximum absolute atomic E-state index is 11.7. The molecule has 0 radical (unpaired) electrons. The lowest BCUT2D eigenvalue weighted by Gasteiger charge is -2.04. The lowest BCUT2D eigenvalue weighted by atomic mass is 10.3. The third-order valence-corrected chi connectivity index (χ3v) is 2.28. The molecule has 0 saturated heterocycles. The normalized spacial score (nSPS) is 10.4. The molecule has 0 N–H and O–H groups in total. The topological polar surface area (TPSA) is 60.7 Å². The Bertz CT molecular complexity index is 616. The van der Waals surface area contributed by atoms with Gasteiger partial charge in [-0.15, -0.1) is 0 Å². The van der Waals surface area contributed by atoms with E-state index in [-0.39, 0.29) is 11.3 Å². The van der Waals surface area contributed by atoms with Crippen LogP contribution < -0.4 is 5.56 Å². The van der Waals surface area contributed by atoms with Gasteiger partial charge in [0.2, 0.25) is 0 Å². The minimum absolute atomic E-state index is 0.0294. The number of fused-ring (bicyclic) bond motifs is 1. The molecule has 5 nitrogen and oxygen atoms in total. The number of ether oxygens (including phenoxy) is 1. The Morgan fingerprint density at radius 2 is 2.25 bits per heavy atom. The zero-order chi connectivity index (χ0) is 11.7. The lowest BCUT2D eigenvalue weighted by Crippen LogP contribution is -2.18. The summed E-state index contributed by atoms with van der Waals surface area (Å²) in [4.78, 5) is 27.1. The van der Waals surface area contributed by atoms with E-state index in [1.807, 2.05) is 13.0 Å². The summed E-state index contributed by atoms with van der Waals surface area (Å²) in [5, 5.41) is 0. The summed E-state index contributed by atoms with van der Waals surface area (Å²) in [6, 6.07) is 4.74. The first-order chi connectivity index (χ1) is 7.63. The highest BCUT2D eigenvalue weighted by atomic mass is 16.5. The van der Waals surface area contributed by atoms with Gasteiger partial charge in [0, 0.05) is 12.3 Å². The van der Waals surface area contributed by atoms with Gasteiger partial charge in [-0.2, -0.15) is 0 Å². The largest absolute Gasteiger partial charge is 0.464 e. The Labute approximate surface area is 91.3 Å². The van der Waals surface area contributed by atoms with Gasteiger partial charge in [-0.25, -0.2) is 9.78 Å². The number of hydrogen-bond donors (Lipinski definition) is 0. The Kier molecular flexibility index (Phi) is 2.44. The molecule has 0 aliphatic rings. The van der Waals surface area contributed by atoms with Crippen molar-refractivity contribution in [1.82, 2.24) is 9.38 Å². The molecular weight excluding hydrogens is 208 g/mol. The van der Waals surface area contributed by atoms with E-state index < -0.39 is 5.97 Å². The van der Waals surface area contributed by atoms with Gasteiger partial charge in [0.25, 0.3) is 5.56 Å². The van der Waals surface area contributed by atoms with Gasteiger partial charge in [-0.1, -0.05) is 6.07 Å². The fraction of sp³-hybridized carbons (Fsp3) is 0.182. The average Bonchev–Trinajstić information content (AvgIpc) is 2.29. The molecule has 0 atom stereocenters. The summed E-state index contributed by atoms with van der Waals surface area (Å²) in [5.41, 5.74) is 1.02. The summed E-state index contributed by atoms with van der Waals surface area (Å²) >= 11 is 0. The van der Waals surface area contributed by atoms with Crippen LogP contribution in [0.1, 0.15) is 16.1 Å². The summed E-state index contributed by atoms with van der Waals surface area (Å²) < 4.78 is 5.92. The summed E-state index contributed by atoms with van der Waals surface area (Å²) in [7, 11) is 1.25. The van der Waals surface area contributed by atoms with E-state index in [0.29, 0.717) is 5.65 Å². The van der Waals surface area contributed by atoms with E-state index in [4.69, 9.17) is 0 Å². The predicted octanol–water partition coefficient (Wildman–Crippen LogP) is 0.790. The molecule has 0 bridgehead atoms. The van der Waals surface area contributed by atoms with Crippen molar-refractivity contribution in [2.45, 2.75) is 6.92 Å². The molecule has 5 heteroatoms. The Morgan fingerprint density at radius 3 is 2.94 bits per heavy atom. The molecule has 82 valence electrons. The molecule has 16 heavy (non-hydrogen) atoms. The molecule has 0 unspecified atom stereocenters. The number of carbonyl (C=O) groups is 1. The van der Waals surface area contributed by atoms with Crippen molar-refractivity contribution in [2.24, 2.45) is 0 Å². The molecule has 2 aromatic heterocycles. The smallest absolute Gasteiger partial charge is 0.356 e. The first-order valence-electron chi connectivity index (χ1n) is 4.71. The van der Waals surface area contributed by atoms with E-state index >= 15 is 0 Å². The first-order valence-corrected chi connectivity index (χ1v) is 4.71. The Morgan fingerprint density at radius 1 is 1.50 bits per heavy atom. The molecule has 0 aliphatic carbocycles. The van der Waals surface area contributed by atoms with Crippen LogP contribution in [0, 0.1) is 6.92 Å². The lowest BCUT2D eigenvalue weighted by molar-refractivity contribution is 0.0594. The average molecular weight is 218 g/mol. The van der Waals surface area contributed by atoms with Gasteiger partial charge in [-0.3, -0.25) is 9.20 Å². The molecule has 0 spiro atoms. The van der Waals surface area contributed by atoms with Crippen LogP contribution in [-0.4, -0.2) is 22.5 Å². The minimum Gasteiger partial charge on any atom is -0.464 e. The zero-order valence-electron chi connectivity index (χ0n) is 8.93. The quantitative estimate of drug-likeness (QED) is 0.664. The van der Waals surface area contributed by atoms with Crippen LogP contribution >= 0.6 is 0 Å². The highest BCUT2D eigenvalue weighted by molar-refractivity contribution is 5.87. The predicted molar refractivity (Wildman–Crippen MR) is 57.5 cm³/mol. The van der Waals surface area contributed by atoms with Crippen LogP contribution in [0.25, 0.3) is 5.65 Å². The molecule has 0 fully saturated rings. The van der Waals surface area contributed by atoms with Crippen LogP contribution in [0.2, 0.25) is 0 Å². The van der Waals surface area contributed by atoms with Crippen molar-refractivity contribution in [3.8, 4) is 0 Å². The third-order valence-electron chi connectivity index (χ3n) is 2.28. The van der Waals surface area contributed by atoms with Crippen LogP contribution in [0.15, 0.2) is 29.2 Å². The van der Waals surface area contributed by atoms with E-state index in [9.17, 15) is 9.59 Å².